The molecule has 0 aromatic heterocycles. The number of aryl methyl sites for hydroxylation is 1. The lowest BCUT2D eigenvalue weighted by Crippen LogP contribution is -2.42. The zero-order valence-electron chi connectivity index (χ0n) is 13.6. The Bertz CT molecular complexity index is 442. The Morgan fingerprint density at radius 1 is 1.33 bits per heavy atom. The Hall–Kier alpha value is -1.26. The molecule has 21 heavy (non-hydrogen) atoms. The van der Waals surface area contributed by atoms with Crippen LogP contribution in [0.5, 0.6) is 5.75 Å². The van der Waals surface area contributed by atoms with Crippen molar-refractivity contribution < 1.29 is 4.74 Å². The van der Waals surface area contributed by atoms with Gasteiger partial charge in [-0.2, -0.15) is 0 Å². The van der Waals surface area contributed by atoms with E-state index in [-0.39, 0.29) is 0 Å². The van der Waals surface area contributed by atoms with Crippen molar-refractivity contribution in [2.24, 2.45) is 0 Å². The molecule has 118 valence electrons. The first-order valence-electron chi connectivity index (χ1n) is 7.91. The maximum absolute atomic E-state index is 5.95. The summed E-state index contributed by atoms with van der Waals surface area (Å²) in [6.45, 7) is 3.61. The van der Waals surface area contributed by atoms with Crippen LogP contribution in [0, 0.1) is 0 Å². The van der Waals surface area contributed by atoms with Crippen molar-refractivity contribution >= 4 is 5.69 Å². The van der Waals surface area contributed by atoms with Gasteiger partial charge in [-0.1, -0.05) is 6.07 Å². The van der Waals surface area contributed by atoms with Crippen LogP contribution >= 0.6 is 0 Å². The minimum Gasteiger partial charge on any atom is -0.495 e. The molecule has 1 aromatic carbocycles. The normalized spacial score (nSPS) is 17.3. The van der Waals surface area contributed by atoms with Crippen LogP contribution in [0.2, 0.25) is 0 Å². The molecule has 1 fully saturated rings. The van der Waals surface area contributed by atoms with Gasteiger partial charge in [0.1, 0.15) is 5.75 Å². The SMILES string of the molecule is COc1ccc(CCCN(C)C2CCN(C)CC2)cc1N. The minimum absolute atomic E-state index is 0.735. The number of rotatable bonds is 6. The van der Waals surface area contributed by atoms with Crippen LogP contribution in [-0.4, -0.2) is 56.7 Å². The molecule has 1 aliphatic heterocycles. The molecule has 4 nitrogen and oxygen atoms in total. The highest BCUT2D eigenvalue weighted by atomic mass is 16.5. The topological polar surface area (TPSA) is 41.7 Å². The van der Waals surface area contributed by atoms with E-state index in [1.807, 2.05) is 12.1 Å². The molecular formula is C17H29N3O. The molecule has 0 saturated carbocycles. The minimum atomic E-state index is 0.735. The number of hydrogen-bond acceptors (Lipinski definition) is 4. The van der Waals surface area contributed by atoms with Gasteiger partial charge in [-0.05, 0) is 77.1 Å². The molecule has 1 aliphatic rings. The average Bonchev–Trinajstić information content (AvgIpc) is 2.48. The van der Waals surface area contributed by atoms with Gasteiger partial charge in [0.2, 0.25) is 0 Å². The molecule has 1 heterocycles. The van der Waals surface area contributed by atoms with Crippen LogP contribution in [0.4, 0.5) is 5.69 Å². The van der Waals surface area contributed by atoms with E-state index < -0.39 is 0 Å². The summed E-state index contributed by atoms with van der Waals surface area (Å²) in [5, 5.41) is 0. The van der Waals surface area contributed by atoms with Crippen molar-refractivity contribution in [3.63, 3.8) is 0 Å². The second-order valence-corrected chi connectivity index (χ2v) is 6.19. The maximum Gasteiger partial charge on any atom is 0.141 e. The van der Waals surface area contributed by atoms with Crippen molar-refractivity contribution in [3.05, 3.63) is 23.8 Å². The number of benzene rings is 1. The molecule has 2 rings (SSSR count). The molecule has 2 N–H and O–H groups in total. The second-order valence-electron chi connectivity index (χ2n) is 6.19. The summed E-state index contributed by atoms with van der Waals surface area (Å²) in [5.41, 5.74) is 7.98. The van der Waals surface area contributed by atoms with Crippen LogP contribution in [0.3, 0.4) is 0 Å². The van der Waals surface area contributed by atoms with Crippen LogP contribution in [0.25, 0.3) is 0 Å². The average molecular weight is 291 g/mol. The first-order chi connectivity index (χ1) is 10.1. The lowest BCUT2D eigenvalue weighted by atomic mass is 10.0. The van der Waals surface area contributed by atoms with Gasteiger partial charge in [0, 0.05) is 6.04 Å². The van der Waals surface area contributed by atoms with Crippen molar-refractivity contribution in [3.8, 4) is 5.75 Å². The molecule has 0 bridgehead atoms. The van der Waals surface area contributed by atoms with E-state index in [4.69, 9.17) is 10.5 Å². The molecule has 0 radical (unpaired) electrons. The third kappa shape index (κ3) is 4.61. The third-order valence-electron chi connectivity index (χ3n) is 4.58. The number of piperidine rings is 1. The van der Waals surface area contributed by atoms with Gasteiger partial charge in [0.15, 0.2) is 0 Å². The zero-order chi connectivity index (χ0) is 15.2. The number of methoxy groups -OCH3 is 1. The maximum atomic E-state index is 5.95. The number of likely N-dealkylation sites (tertiary alicyclic amines) is 1. The molecule has 0 aliphatic carbocycles. The van der Waals surface area contributed by atoms with E-state index >= 15 is 0 Å². The van der Waals surface area contributed by atoms with E-state index in [1.165, 1.54) is 37.9 Å². The standard InChI is InChI=1S/C17H29N3O/c1-19-11-8-15(9-12-19)20(2)10-4-5-14-6-7-17(21-3)16(18)13-14/h6-7,13,15H,4-5,8-12,18H2,1-3H3. The van der Waals surface area contributed by atoms with Gasteiger partial charge in [0.05, 0.1) is 12.8 Å². The van der Waals surface area contributed by atoms with Gasteiger partial charge in [0.25, 0.3) is 0 Å². The number of nitrogens with two attached hydrogens (primary N) is 1. The van der Waals surface area contributed by atoms with Crippen molar-refractivity contribution in [2.45, 2.75) is 31.7 Å². The van der Waals surface area contributed by atoms with Gasteiger partial charge in [-0.3, -0.25) is 0 Å². The number of hydrogen-bond donors (Lipinski definition) is 1. The second kappa shape index (κ2) is 7.66. The molecular weight excluding hydrogens is 262 g/mol. The van der Waals surface area contributed by atoms with E-state index in [2.05, 4.69) is 30.0 Å². The summed E-state index contributed by atoms with van der Waals surface area (Å²) < 4.78 is 5.19. The van der Waals surface area contributed by atoms with Crippen LogP contribution in [0.1, 0.15) is 24.8 Å². The highest BCUT2D eigenvalue weighted by Gasteiger charge is 2.19. The lowest BCUT2D eigenvalue weighted by Gasteiger charge is -2.35. The highest BCUT2D eigenvalue weighted by molar-refractivity contribution is 5.54. The van der Waals surface area contributed by atoms with Gasteiger partial charge >= 0.3 is 0 Å². The Kier molecular flexibility index (Phi) is 5.88. The Morgan fingerprint density at radius 3 is 2.67 bits per heavy atom. The third-order valence-corrected chi connectivity index (χ3v) is 4.58. The Labute approximate surface area is 128 Å². The predicted octanol–water partition coefficient (Wildman–Crippen LogP) is 2.24. The fourth-order valence-corrected chi connectivity index (χ4v) is 3.09. The summed E-state index contributed by atoms with van der Waals surface area (Å²) in [4.78, 5) is 4.95. The van der Waals surface area contributed by atoms with E-state index in [1.54, 1.807) is 7.11 Å². The number of nitrogen functional groups attached to an aromatic ring is 1. The van der Waals surface area contributed by atoms with E-state index in [9.17, 15) is 0 Å². The molecule has 0 atom stereocenters. The number of nitrogens with zero attached hydrogens (tertiary/aromatic N) is 2. The monoisotopic (exact) mass is 291 g/mol. The molecule has 1 saturated heterocycles. The zero-order valence-corrected chi connectivity index (χ0v) is 13.6. The number of ether oxygens (including phenoxy) is 1. The smallest absolute Gasteiger partial charge is 0.141 e. The summed E-state index contributed by atoms with van der Waals surface area (Å²) >= 11 is 0. The fourth-order valence-electron chi connectivity index (χ4n) is 3.09. The molecule has 4 heteroatoms. The van der Waals surface area contributed by atoms with Gasteiger partial charge in [-0.15, -0.1) is 0 Å². The van der Waals surface area contributed by atoms with Gasteiger partial charge < -0.3 is 20.3 Å². The predicted molar refractivity (Wildman–Crippen MR) is 88.9 cm³/mol. The highest BCUT2D eigenvalue weighted by Crippen LogP contribution is 2.22. The van der Waals surface area contributed by atoms with Crippen molar-refractivity contribution in [2.75, 3.05) is 46.6 Å². The van der Waals surface area contributed by atoms with Crippen LogP contribution in [-0.2, 0) is 6.42 Å². The fraction of sp³-hybridized carbons (Fsp3) is 0.647. The summed E-state index contributed by atoms with van der Waals surface area (Å²) in [7, 11) is 6.13. The lowest BCUT2D eigenvalue weighted by molar-refractivity contribution is 0.143. The van der Waals surface area contributed by atoms with Crippen LogP contribution in [0.15, 0.2) is 18.2 Å². The van der Waals surface area contributed by atoms with Gasteiger partial charge in [-0.25, -0.2) is 0 Å². The Balaban J connectivity index is 1.74. The number of anilines is 1. The van der Waals surface area contributed by atoms with E-state index in [0.717, 1.165) is 30.4 Å². The molecule has 0 amide bonds. The largest absolute Gasteiger partial charge is 0.495 e. The van der Waals surface area contributed by atoms with E-state index in [0.29, 0.717) is 0 Å². The summed E-state index contributed by atoms with van der Waals surface area (Å²) in [6, 6.07) is 6.87. The Morgan fingerprint density at radius 2 is 2.05 bits per heavy atom. The molecule has 0 spiro atoms. The molecule has 1 aromatic rings. The first-order valence-corrected chi connectivity index (χ1v) is 7.91. The molecule has 0 unspecified atom stereocenters. The first kappa shape index (κ1) is 16.1. The van der Waals surface area contributed by atoms with Crippen molar-refractivity contribution in [1.82, 2.24) is 9.80 Å². The van der Waals surface area contributed by atoms with Crippen molar-refractivity contribution in [1.29, 1.82) is 0 Å². The summed E-state index contributed by atoms with van der Waals surface area (Å²) in [6.07, 6.45) is 4.84. The summed E-state index contributed by atoms with van der Waals surface area (Å²) in [5.74, 6) is 0.766. The van der Waals surface area contributed by atoms with Crippen LogP contribution < -0.4 is 10.5 Å². The quantitative estimate of drug-likeness (QED) is 0.816.